The van der Waals surface area contributed by atoms with Crippen LogP contribution in [0.2, 0.25) is 0 Å². The van der Waals surface area contributed by atoms with Gasteiger partial charge in [-0.3, -0.25) is 14.5 Å². The van der Waals surface area contributed by atoms with E-state index in [-0.39, 0.29) is 22.6 Å². The van der Waals surface area contributed by atoms with E-state index < -0.39 is 5.97 Å². The molecule has 7 heteroatoms. The van der Waals surface area contributed by atoms with Crippen molar-refractivity contribution in [3.05, 3.63) is 116 Å². The topological polar surface area (TPSA) is 63.7 Å². The van der Waals surface area contributed by atoms with Crippen molar-refractivity contribution in [3.63, 3.8) is 0 Å². The number of hydrogen-bond acceptors (Lipinski definition) is 5. The Hall–Kier alpha value is -3.43. The van der Waals surface area contributed by atoms with E-state index in [4.69, 9.17) is 4.74 Å². The Labute approximate surface area is 219 Å². The molecule has 172 valence electrons. The second-order valence-corrected chi connectivity index (χ2v) is 10.1. The number of nitrogens with zero attached hydrogens (tertiary/aromatic N) is 1. The molecule has 0 saturated carbocycles. The minimum atomic E-state index is -0.491. The van der Waals surface area contributed by atoms with E-state index in [0.29, 0.717) is 16.9 Å². The van der Waals surface area contributed by atoms with Crippen molar-refractivity contribution in [1.29, 1.82) is 0 Å². The molecule has 5 rings (SSSR count). The zero-order valence-corrected chi connectivity index (χ0v) is 21.3. The predicted molar refractivity (Wildman–Crippen MR) is 146 cm³/mol. The quantitative estimate of drug-likeness (QED) is 0.109. The second-order valence-electron chi connectivity index (χ2n) is 7.85. The first-order chi connectivity index (χ1) is 17.0. The molecule has 0 unspecified atom stereocenters. The number of hydrogen-bond donors (Lipinski definition) is 0. The molecule has 2 amide bonds. The van der Waals surface area contributed by atoms with Crippen LogP contribution in [-0.2, 0) is 11.3 Å². The zero-order chi connectivity index (χ0) is 24.4. The van der Waals surface area contributed by atoms with Crippen LogP contribution in [0.4, 0.5) is 4.79 Å². The summed E-state index contributed by atoms with van der Waals surface area (Å²) >= 11 is 3.09. The highest BCUT2D eigenvalue weighted by molar-refractivity contribution is 14.1. The van der Waals surface area contributed by atoms with Crippen LogP contribution < -0.4 is 4.74 Å². The molecule has 0 bridgehead atoms. The fourth-order valence-electron chi connectivity index (χ4n) is 3.80. The first-order valence-electron chi connectivity index (χ1n) is 10.8. The van der Waals surface area contributed by atoms with Gasteiger partial charge in [-0.2, -0.15) is 0 Å². The van der Waals surface area contributed by atoms with Crippen LogP contribution in [0.5, 0.6) is 5.75 Å². The molecule has 1 fully saturated rings. The SMILES string of the molecule is O=C(Oc1ccccc1/C=C1\SC(=O)N(Cc2ccc(I)cc2)C1=O)c1cccc2ccccc12. The third kappa shape index (κ3) is 5.01. The van der Waals surface area contributed by atoms with Gasteiger partial charge in [-0.1, -0.05) is 66.7 Å². The maximum absolute atomic E-state index is 13.0. The summed E-state index contributed by atoms with van der Waals surface area (Å²) in [5.41, 5.74) is 1.87. The standard InChI is InChI=1S/C28H18INO4S/c29-21-14-12-18(13-15-21)17-30-26(31)25(35-28(30)33)16-20-7-2-4-11-24(20)34-27(32)23-10-5-8-19-6-1-3-9-22(19)23/h1-16H,17H2/b25-16-. The van der Waals surface area contributed by atoms with Gasteiger partial charge < -0.3 is 4.74 Å². The fourth-order valence-corrected chi connectivity index (χ4v) is 4.99. The van der Waals surface area contributed by atoms with E-state index >= 15 is 0 Å². The van der Waals surface area contributed by atoms with Crippen LogP contribution in [0.25, 0.3) is 16.8 Å². The number of para-hydroxylation sites is 1. The minimum absolute atomic E-state index is 0.205. The Morgan fingerprint density at radius 2 is 1.60 bits per heavy atom. The van der Waals surface area contributed by atoms with Crippen molar-refractivity contribution >= 4 is 68.3 Å². The molecule has 1 heterocycles. The number of fused-ring (bicyclic) bond motifs is 1. The number of halogens is 1. The number of amides is 2. The van der Waals surface area contributed by atoms with Crippen molar-refractivity contribution in [2.75, 3.05) is 0 Å². The second kappa shape index (κ2) is 10.1. The van der Waals surface area contributed by atoms with Gasteiger partial charge in [0.15, 0.2) is 0 Å². The molecule has 1 aliphatic rings. The van der Waals surface area contributed by atoms with E-state index in [1.165, 1.54) is 4.90 Å². The van der Waals surface area contributed by atoms with E-state index in [0.717, 1.165) is 31.7 Å². The van der Waals surface area contributed by atoms with Gasteiger partial charge in [0.2, 0.25) is 0 Å². The van der Waals surface area contributed by atoms with Crippen LogP contribution in [0, 0.1) is 3.57 Å². The molecule has 0 spiro atoms. The number of benzene rings is 4. The molecule has 4 aromatic carbocycles. The number of carbonyl (C=O) groups is 3. The summed E-state index contributed by atoms with van der Waals surface area (Å²) in [6.45, 7) is 0.205. The lowest BCUT2D eigenvalue weighted by molar-refractivity contribution is -0.123. The van der Waals surface area contributed by atoms with Gasteiger partial charge in [-0.05, 0) is 81.0 Å². The minimum Gasteiger partial charge on any atom is -0.422 e. The first kappa shape index (κ1) is 23.3. The van der Waals surface area contributed by atoms with Gasteiger partial charge in [0, 0.05) is 9.13 Å². The summed E-state index contributed by atoms with van der Waals surface area (Å²) < 4.78 is 6.82. The summed E-state index contributed by atoms with van der Waals surface area (Å²) in [5, 5.41) is 1.41. The van der Waals surface area contributed by atoms with Gasteiger partial charge in [-0.15, -0.1) is 0 Å². The molecule has 0 radical (unpaired) electrons. The van der Waals surface area contributed by atoms with Crippen LogP contribution in [0.15, 0.2) is 95.9 Å². The molecule has 0 N–H and O–H groups in total. The zero-order valence-electron chi connectivity index (χ0n) is 18.3. The Bertz CT molecular complexity index is 1490. The van der Waals surface area contributed by atoms with Gasteiger partial charge in [0.1, 0.15) is 5.75 Å². The highest BCUT2D eigenvalue weighted by Gasteiger charge is 2.35. The first-order valence-corrected chi connectivity index (χ1v) is 12.7. The van der Waals surface area contributed by atoms with E-state index in [1.807, 2.05) is 60.7 Å². The van der Waals surface area contributed by atoms with Gasteiger partial charge in [0.05, 0.1) is 17.0 Å². The molecular weight excluding hydrogens is 573 g/mol. The monoisotopic (exact) mass is 591 g/mol. The lowest BCUT2D eigenvalue weighted by Crippen LogP contribution is -2.27. The molecule has 0 aromatic heterocycles. The molecular formula is C28H18INO4S. The number of ether oxygens (including phenoxy) is 1. The third-order valence-electron chi connectivity index (χ3n) is 5.55. The lowest BCUT2D eigenvalue weighted by atomic mass is 10.0. The normalized spacial score (nSPS) is 14.7. The Morgan fingerprint density at radius 3 is 2.43 bits per heavy atom. The highest BCUT2D eigenvalue weighted by atomic mass is 127. The summed E-state index contributed by atoms with van der Waals surface area (Å²) in [6, 6.07) is 27.7. The molecule has 1 aliphatic heterocycles. The van der Waals surface area contributed by atoms with Crippen molar-refractivity contribution in [2.45, 2.75) is 6.54 Å². The molecule has 35 heavy (non-hydrogen) atoms. The fraction of sp³-hybridized carbons (Fsp3) is 0.0357. The Balaban J connectivity index is 1.39. The van der Waals surface area contributed by atoms with Gasteiger partial charge in [0.25, 0.3) is 11.1 Å². The van der Waals surface area contributed by atoms with Crippen LogP contribution in [0.1, 0.15) is 21.5 Å². The van der Waals surface area contributed by atoms with Crippen molar-refractivity contribution in [1.82, 2.24) is 4.90 Å². The van der Waals surface area contributed by atoms with Gasteiger partial charge >= 0.3 is 5.97 Å². The van der Waals surface area contributed by atoms with Crippen molar-refractivity contribution in [2.24, 2.45) is 0 Å². The lowest BCUT2D eigenvalue weighted by Gasteiger charge is -2.12. The average molecular weight is 591 g/mol. The van der Waals surface area contributed by atoms with Crippen molar-refractivity contribution in [3.8, 4) is 5.75 Å². The number of thioether (sulfide) groups is 1. The van der Waals surface area contributed by atoms with Crippen LogP contribution in [-0.4, -0.2) is 22.0 Å². The maximum Gasteiger partial charge on any atom is 0.344 e. The largest absolute Gasteiger partial charge is 0.422 e. The maximum atomic E-state index is 13.0. The summed E-state index contributed by atoms with van der Waals surface area (Å²) in [5.74, 6) is -0.543. The molecule has 0 atom stereocenters. The average Bonchev–Trinajstić information content (AvgIpc) is 3.13. The molecule has 5 nitrogen and oxygen atoms in total. The summed E-state index contributed by atoms with van der Waals surface area (Å²) in [6.07, 6.45) is 1.60. The van der Waals surface area contributed by atoms with Crippen LogP contribution in [0.3, 0.4) is 0 Å². The highest BCUT2D eigenvalue weighted by Crippen LogP contribution is 2.35. The number of imide groups is 1. The molecule has 0 aliphatic carbocycles. The Morgan fingerprint density at radius 1 is 0.886 bits per heavy atom. The van der Waals surface area contributed by atoms with E-state index in [9.17, 15) is 14.4 Å². The van der Waals surface area contributed by atoms with E-state index in [1.54, 1.807) is 36.4 Å². The van der Waals surface area contributed by atoms with Gasteiger partial charge in [-0.25, -0.2) is 4.79 Å². The number of esters is 1. The predicted octanol–water partition coefficient (Wildman–Crippen LogP) is 6.90. The molecule has 1 saturated heterocycles. The third-order valence-corrected chi connectivity index (χ3v) is 7.17. The van der Waals surface area contributed by atoms with E-state index in [2.05, 4.69) is 22.6 Å². The summed E-state index contributed by atoms with van der Waals surface area (Å²) in [4.78, 5) is 40.1. The smallest absolute Gasteiger partial charge is 0.344 e. The molecule has 4 aromatic rings. The van der Waals surface area contributed by atoms with Crippen LogP contribution >= 0.6 is 34.4 Å². The number of carbonyl (C=O) groups excluding carboxylic acids is 3. The van der Waals surface area contributed by atoms with Crippen molar-refractivity contribution < 1.29 is 19.1 Å². The Kier molecular flexibility index (Phi) is 6.70. The summed E-state index contributed by atoms with van der Waals surface area (Å²) in [7, 11) is 0. The number of rotatable bonds is 5.